The first-order valence-corrected chi connectivity index (χ1v) is 3.68. The Kier molecular flexibility index (Phi) is 2.38. The van der Waals surface area contributed by atoms with Crippen molar-refractivity contribution in [1.82, 2.24) is 15.0 Å². The summed E-state index contributed by atoms with van der Waals surface area (Å²) in [4.78, 5) is 10.9. The standard InChI is InChI=1S/C8H11N3O/c1-4-5-11-6(2)8(7(3)12)9-10-11/h4H,1,5H2,2-3H3. The van der Waals surface area contributed by atoms with E-state index >= 15 is 0 Å². The van der Waals surface area contributed by atoms with Gasteiger partial charge in [0.1, 0.15) is 0 Å². The summed E-state index contributed by atoms with van der Waals surface area (Å²) in [7, 11) is 0. The first-order valence-electron chi connectivity index (χ1n) is 3.68. The summed E-state index contributed by atoms with van der Waals surface area (Å²) < 4.78 is 1.64. The molecule has 0 aliphatic heterocycles. The molecule has 1 aromatic rings. The Morgan fingerprint density at radius 1 is 1.75 bits per heavy atom. The molecule has 0 aromatic carbocycles. The Balaban J connectivity index is 3.03. The first-order chi connectivity index (χ1) is 5.66. The molecular weight excluding hydrogens is 154 g/mol. The lowest BCUT2D eigenvalue weighted by Gasteiger charge is -1.96. The molecule has 0 aliphatic carbocycles. The molecule has 64 valence electrons. The number of allylic oxidation sites excluding steroid dienone is 1. The van der Waals surface area contributed by atoms with Gasteiger partial charge in [-0.15, -0.1) is 11.7 Å². The lowest BCUT2D eigenvalue weighted by atomic mass is 10.2. The number of ketones is 1. The largest absolute Gasteiger partial charge is 0.293 e. The molecule has 0 saturated carbocycles. The van der Waals surface area contributed by atoms with Crippen LogP contribution in [0.25, 0.3) is 0 Å². The normalized spacial score (nSPS) is 9.83. The lowest BCUT2D eigenvalue weighted by molar-refractivity contribution is 0.101. The minimum absolute atomic E-state index is 0.0530. The van der Waals surface area contributed by atoms with E-state index in [0.29, 0.717) is 12.2 Å². The molecule has 12 heavy (non-hydrogen) atoms. The molecule has 0 unspecified atom stereocenters. The summed E-state index contributed by atoms with van der Waals surface area (Å²) in [6.07, 6.45) is 1.71. The molecule has 1 aromatic heterocycles. The van der Waals surface area contributed by atoms with Crippen LogP contribution in [0.3, 0.4) is 0 Å². The zero-order valence-corrected chi connectivity index (χ0v) is 7.24. The van der Waals surface area contributed by atoms with E-state index in [2.05, 4.69) is 16.9 Å². The maximum Gasteiger partial charge on any atom is 0.181 e. The molecule has 0 fully saturated rings. The quantitative estimate of drug-likeness (QED) is 0.495. The van der Waals surface area contributed by atoms with Crippen molar-refractivity contribution in [2.24, 2.45) is 0 Å². The van der Waals surface area contributed by atoms with Gasteiger partial charge in [-0.1, -0.05) is 11.3 Å². The van der Waals surface area contributed by atoms with E-state index in [4.69, 9.17) is 0 Å². The van der Waals surface area contributed by atoms with E-state index in [1.54, 1.807) is 10.8 Å². The molecule has 0 radical (unpaired) electrons. The van der Waals surface area contributed by atoms with Crippen LogP contribution in [0.2, 0.25) is 0 Å². The van der Waals surface area contributed by atoms with Crippen LogP contribution in [-0.4, -0.2) is 20.8 Å². The van der Waals surface area contributed by atoms with Crippen molar-refractivity contribution in [3.63, 3.8) is 0 Å². The van der Waals surface area contributed by atoms with Crippen LogP contribution < -0.4 is 0 Å². The van der Waals surface area contributed by atoms with Gasteiger partial charge < -0.3 is 0 Å². The van der Waals surface area contributed by atoms with Crippen LogP contribution in [0.5, 0.6) is 0 Å². The fourth-order valence-electron chi connectivity index (χ4n) is 0.981. The Morgan fingerprint density at radius 3 is 2.83 bits per heavy atom. The maximum absolute atomic E-state index is 10.9. The van der Waals surface area contributed by atoms with Gasteiger partial charge in [-0.05, 0) is 6.92 Å². The van der Waals surface area contributed by atoms with Crippen molar-refractivity contribution in [2.45, 2.75) is 20.4 Å². The third kappa shape index (κ3) is 1.42. The lowest BCUT2D eigenvalue weighted by Crippen LogP contribution is -2.01. The Hall–Kier alpha value is -1.45. The minimum atomic E-state index is -0.0530. The van der Waals surface area contributed by atoms with Gasteiger partial charge in [0.15, 0.2) is 11.5 Å². The highest BCUT2D eigenvalue weighted by atomic mass is 16.1. The fourth-order valence-corrected chi connectivity index (χ4v) is 0.981. The van der Waals surface area contributed by atoms with Gasteiger partial charge in [-0.2, -0.15) is 0 Å². The SMILES string of the molecule is C=CCn1nnc(C(C)=O)c1C. The van der Waals surface area contributed by atoms with Crippen molar-refractivity contribution >= 4 is 5.78 Å². The van der Waals surface area contributed by atoms with Gasteiger partial charge in [-0.25, -0.2) is 4.68 Å². The predicted octanol–water partition coefficient (Wildman–Crippen LogP) is 0.975. The number of nitrogens with zero attached hydrogens (tertiary/aromatic N) is 3. The van der Waals surface area contributed by atoms with Crippen LogP contribution in [0.15, 0.2) is 12.7 Å². The van der Waals surface area contributed by atoms with E-state index in [0.717, 1.165) is 5.69 Å². The Labute approximate surface area is 70.9 Å². The summed E-state index contributed by atoms with van der Waals surface area (Å²) in [6.45, 7) is 7.47. The number of carbonyl (C=O) groups excluding carboxylic acids is 1. The monoisotopic (exact) mass is 165 g/mol. The zero-order valence-electron chi connectivity index (χ0n) is 7.24. The minimum Gasteiger partial charge on any atom is -0.293 e. The van der Waals surface area contributed by atoms with Crippen molar-refractivity contribution in [3.8, 4) is 0 Å². The summed E-state index contributed by atoms with van der Waals surface area (Å²) in [5.74, 6) is -0.0530. The van der Waals surface area contributed by atoms with Crippen molar-refractivity contribution in [2.75, 3.05) is 0 Å². The van der Waals surface area contributed by atoms with E-state index in [9.17, 15) is 4.79 Å². The van der Waals surface area contributed by atoms with E-state index in [1.807, 2.05) is 6.92 Å². The second kappa shape index (κ2) is 3.30. The molecule has 1 rings (SSSR count). The van der Waals surface area contributed by atoms with Gasteiger partial charge in [-0.3, -0.25) is 4.79 Å². The number of hydrogen-bond donors (Lipinski definition) is 0. The molecule has 0 aliphatic rings. The van der Waals surface area contributed by atoms with Gasteiger partial charge in [0.25, 0.3) is 0 Å². The molecule has 0 bridgehead atoms. The third-order valence-corrected chi connectivity index (χ3v) is 1.62. The molecule has 0 atom stereocenters. The van der Waals surface area contributed by atoms with Crippen molar-refractivity contribution in [1.29, 1.82) is 0 Å². The van der Waals surface area contributed by atoms with Gasteiger partial charge in [0, 0.05) is 6.92 Å². The summed E-state index contributed by atoms with van der Waals surface area (Å²) in [6, 6.07) is 0. The average molecular weight is 165 g/mol. The Morgan fingerprint density at radius 2 is 2.42 bits per heavy atom. The molecular formula is C8H11N3O. The highest BCUT2D eigenvalue weighted by Gasteiger charge is 2.10. The Bertz CT molecular complexity index is 314. The van der Waals surface area contributed by atoms with E-state index < -0.39 is 0 Å². The first kappa shape index (κ1) is 8.64. The van der Waals surface area contributed by atoms with Crippen LogP contribution in [0, 0.1) is 6.92 Å². The molecule has 4 heteroatoms. The molecule has 0 spiro atoms. The smallest absolute Gasteiger partial charge is 0.181 e. The van der Waals surface area contributed by atoms with Crippen molar-refractivity contribution in [3.05, 3.63) is 24.0 Å². The highest BCUT2D eigenvalue weighted by Crippen LogP contribution is 2.03. The average Bonchev–Trinajstić information content (AvgIpc) is 2.34. The second-order valence-corrected chi connectivity index (χ2v) is 2.55. The molecule has 0 saturated heterocycles. The van der Waals surface area contributed by atoms with Gasteiger partial charge in [0.2, 0.25) is 0 Å². The number of rotatable bonds is 3. The van der Waals surface area contributed by atoms with Crippen LogP contribution in [0.4, 0.5) is 0 Å². The van der Waals surface area contributed by atoms with Crippen LogP contribution >= 0.6 is 0 Å². The maximum atomic E-state index is 10.9. The zero-order chi connectivity index (χ0) is 9.14. The van der Waals surface area contributed by atoms with Crippen molar-refractivity contribution < 1.29 is 4.79 Å². The molecule has 0 N–H and O–H groups in total. The van der Waals surface area contributed by atoms with Gasteiger partial charge >= 0.3 is 0 Å². The van der Waals surface area contributed by atoms with Crippen LogP contribution in [0.1, 0.15) is 23.1 Å². The molecule has 0 amide bonds. The number of hydrogen-bond acceptors (Lipinski definition) is 3. The third-order valence-electron chi connectivity index (χ3n) is 1.62. The molecule has 1 heterocycles. The van der Waals surface area contributed by atoms with Crippen LogP contribution in [-0.2, 0) is 6.54 Å². The van der Waals surface area contributed by atoms with E-state index in [1.165, 1.54) is 6.92 Å². The fraction of sp³-hybridized carbons (Fsp3) is 0.375. The predicted molar refractivity (Wildman–Crippen MR) is 45.0 cm³/mol. The van der Waals surface area contributed by atoms with E-state index in [-0.39, 0.29) is 5.78 Å². The second-order valence-electron chi connectivity index (χ2n) is 2.55. The molecule has 4 nitrogen and oxygen atoms in total. The summed E-state index contributed by atoms with van der Waals surface area (Å²) >= 11 is 0. The van der Waals surface area contributed by atoms with Gasteiger partial charge in [0.05, 0.1) is 12.2 Å². The number of Topliss-reactive ketones (excluding diaryl/α,β-unsaturated/α-hetero) is 1. The topological polar surface area (TPSA) is 47.8 Å². The summed E-state index contributed by atoms with van der Waals surface area (Å²) in [5, 5.41) is 7.55. The number of carbonyl (C=O) groups is 1. The summed E-state index contributed by atoms with van der Waals surface area (Å²) in [5.41, 5.74) is 1.24. The number of aromatic nitrogens is 3. The highest BCUT2D eigenvalue weighted by molar-refractivity contribution is 5.92.